The van der Waals surface area contributed by atoms with Crippen LogP contribution in [0.5, 0.6) is 0 Å². The minimum absolute atomic E-state index is 0.713. The second-order valence-electron chi connectivity index (χ2n) is 6.11. The van der Waals surface area contributed by atoms with Crippen LogP contribution >= 0.6 is 0 Å². The lowest BCUT2D eigenvalue weighted by Gasteiger charge is -2.34. The maximum absolute atomic E-state index is 12.3. The minimum Gasteiger partial charge on any atom is -0.334 e. The number of aryl methyl sites for hydroxylation is 1. The molecule has 0 amide bonds. The molecule has 0 saturated carbocycles. The van der Waals surface area contributed by atoms with Crippen LogP contribution in [0, 0.1) is 0 Å². The van der Waals surface area contributed by atoms with Crippen LogP contribution in [0.2, 0.25) is 0 Å². The van der Waals surface area contributed by atoms with E-state index in [1.165, 1.54) is 0 Å². The van der Waals surface area contributed by atoms with Crippen molar-refractivity contribution in [2.75, 3.05) is 38.5 Å². The third-order valence-corrected chi connectivity index (χ3v) is 5.92. The number of nitrogens with zero attached hydrogens (tertiary/aromatic N) is 4. The second-order valence-corrected chi connectivity index (χ2v) is 7.68. The summed E-state index contributed by atoms with van der Waals surface area (Å²) in [5, 5.41) is 0. The summed E-state index contributed by atoms with van der Waals surface area (Å²) >= 11 is 0. The highest BCUT2D eigenvalue weighted by Crippen LogP contribution is 2.09. The topological polar surface area (TPSA) is 41.4 Å². The van der Waals surface area contributed by atoms with Gasteiger partial charge in [0.05, 0.1) is 17.3 Å². The normalized spacial score (nSPS) is 17.9. The number of benzene rings is 1. The van der Waals surface area contributed by atoms with Gasteiger partial charge in [0.2, 0.25) is 0 Å². The molecule has 2 heterocycles. The van der Waals surface area contributed by atoms with Crippen molar-refractivity contribution in [1.29, 1.82) is 0 Å². The Morgan fingerprint density at radius 3 is 2.50 bits per heavy atom. The molecule has 5 nitrogen and oxygen atoms in total. The maximum Gasteiger partial charge on any atom is 0.122 e. The van der Waals surface area contributed by atoms with E-state index in [-0.39, 0.29) is 0 Å². The zero-order chi connectivity index (χ0) is 16.8. The Morgan fingerprint density at radius 2 is 1.79 bits per heavy atom. The smallest absolute Gasteiger partial charge is 0.122 e. The fourth-order valence-electron chi connectivity index (χ4n) is 3.05. The number of rotatable bonds is 7. The van der Waals surface area contributed by atoms with Crippen molar-refractivity contribution in [1.82, 2.24) is 19.4 Å². The van der Waals surface area contributed by atoms with Crippen LogP contribution in [0.25, 0.3) is 0 Å². The van der Waals surface area contributed by atoms with Gasteiger partial charge in [-0.15, -0.1) is 0 Å². The molecule has 1 fully saturated rings. The highest BCUT2D eigenvalue weighted by Gasteiger charge is 2.18. The first-order chi connectivity index (χ1) is 11.8. The standard InChI is InChI=1S/C18H26N4OS/c1-2-22-9-8-19-18(22)16-21-12-10-20(11-13-21)14-15-24(23)17-6-4-3-5-7-17/h3-9H,2,10-16H2,1H3/t24-/m0/s1. The molecule has 1 aliphatic heterocycles. The van der Waals surface area contributed by atoms with Gasteiger partial charge in [-0.05, 0) is 19.1 Å². The molecular weight excluding hydrogens is 320 g/mol. The molecule has 1 atom stereocenters. The molecule has 0 aliphatic carbocycles. The summed E-state index contributed by atoms with van der Waals surface area (Å²) in [6.45, 7) is 9.13. The van der Waals surface area contributed by atoms with Gasteiger partial charge in [0.15, 0.2) is 0 Å². The number of imidazole rings is 1. The largest absolute Gasteiger partial charge is 0.334 e. The lowest BCUT2D eigenvalue weighted by atomic mass is 10.3. The summed E-state index contributed by atoms with van der Waals surface area (Å²) < 4.78 is 14.5. The molecule has 2 aromatic rings. The predicted octanol–water partition coefficient (Wildman–Crippen LogP) is 1.83. The molecular formula is C18H26N4OS. The van der Waals surface area contributed by atoms with E-state index in [2.05, 4.69) is 26.3 Å². The zero-order valence-electron chi connectivity index (χ0n) is 14.3. The van der Waals surface area contributed by atoms with Gasteiger partial charge in [-0.3, -0.25) is 14.0 Å². The Morgan fingerprint density at radius 1 is 1.08 bits per heavy atom. The van der Waals surface area contributed by atoms with E-state index in [1.807, 2.05) is 42.7 Å². The summed E-state index contributed by atoms with van der Waals surface area (Å²) in [6, 6.07) is 9.76. The van der Waals surface area contributed by atoms with E-state index in [0.29, 0.717) is 5.75 Å². The Labute approximate surface area is 146 Å². The van der Waals surface area contributed by atoms with Crippen molar-refractivity contribution >= 4 is 10.8 Å². The van der Waals surface area contributed by atoms with E-state index < -0.39 is 10.8 Å². The molecule has 1 saturated heterocycles. The first-order valence-electron chi connectivity index (χ1n) is 8.64. The van der Waals surface area contributed by atoms with E-state index in [9.17, 15) is 4.21 Å². The Balaban J connectivity index is 1.41. The van der Waals surface area contributed by atoms with Gasteiger partial charge in [-0.1, -0.05) is 18.2 Å². The zero-order valence-corrected chi connectivity index (χ0v) is 15.1. The number of hydrogen-bond donors (Lipinski definition) is 0. The molecule has 0 radical (unpaired) electrons. The highest BCUT2D eigenvalue weighted by atomic mass is 32.2. The third kappa shape index (κ3) is 4.53. The van der Waals surface area contributed by atoms with Gasteiger partial charge in [0.1, 0.15) is 5.82 Å². The average Bonchev–Trinajstić information content (AvgIpc) is 3.08. The van der Waals surface area contributed by atoms with E-state index in [0.717, 1.165) is 56.5 Å². The minimum atomic E-state index is -0.893. The fraction of sp³-hybridized carbons (Fsp3) is 0.500. The summed E-state index contributed by atoms with van der Waals surface area (Å²) in [5.41, 5.74) is 0. The van der Waals surface area contributed by atoms with Crippen LogP contribution in [0.4, 0.5) is 0 Å². The van der Waals surface area contributed by atoms with E-state index >= 15 is 0 Å². The predicted molar refractivity (Wildman–Crippen MR) is 97.3 cm³/mol. The molecule has 0 N–H and O–H groups in total. The van der Waals surface area contributed by atoms with Gasteiger partial charge in [0, 0.05) is 62.3 Å². The quantitative estimate of drug-likeness (QED) is 0.767. The summed E-state index contributed by atoms with van der Waals surface area (Å²) in [5.74, 6) is 1.86. The Bertz CT molecular complexity index is 650. The van der Waals surface area contributed by atoms with Gasteiger partial charge in [0.25, 0.3) is 0 Å². The van der Waals surface area contributed by atoms with E-state index in [4.69, 9.17) is 0 Å². The molecule has 1 aliphatic rings. The summed E-state index contributed by atoms with van der Waals surface area (Å²) in [7, 11) is -0.893. The second kappa shape index (κ2) is 8.55. The third-order valence-electron chi connectivity index (χ3n) is 4.57. The van der Waals surface area contributed by atoms with Crippen molar-refractivity contribution in [3.05, 3.63) is 48.5 Å². The SMILES string of the molecule is CCn1ccnc1CN1CCN(CC[S@](=O)c2ccccc2)CC1. The van der Waals surface area contributed by atoms with Crippen LogP contribution < -0.4 is 0 Å². The van der Waals surface area contributed by atoms with Gasteiger partial charge in [-0.25, -0.2) is 4.98 Å². The van der Waals surface area contributed by atoms with Crippen molar-refractivity contribution in [2.24, 2.45) is 0 Å². The average molecular weight is 347 g/mol. The van der Waals surface area contributed by atoms with Crippen LogP contribution in [-0.4, -0.2) is 62.0 Å². The van der Waals surface area contributed by atoms with Crippen molar-refractivity contribution in [3.8, 4) is 0 Å². The highest BCUT2D eigenvalue weighted by molar-refractivity contribution is 7.85. The van der Waals surface area contributed by atoms with Crippen molar-refractivity contribution in [3.63, 3.8) is 0 Å². The molecule has 6 heteroatoms. The van der Waals surface area contributed by atoms with Crippen LogP contribution in [-0.2, 0) is 23.9 Å². The fourth-order valence-corrected chi connectivity index (χ4v) is 4.17. The molecule has 3 rings (SSSR count). The number of hydrogen-bond acceptors (Lipinski definition) is 4. The van der Waals surface area contributed by atoms with Crippen molar-refractivity contribution < 1.29 is 4.21 Å². The van der Waals surface area contributed by atoms with Crippen molar-refractivity contribution in [2.45, 2.75) is 24.9 Å². The number of aromatic nitrogens is 2. The molecule has 0 unspecified atom stereocenters. The molecule has 0 bridgehead atoms. The first-order valence-corrected chi connectivity index (χ1v) is 9.96. The Hall–Kier alpha value is -1.50. The van der Waals surface area contributed by atoms with Gasteiger partial charge < -0.3 is 4.57 Å². The summed E-state index contributed by atoms with van der Waals surface area (Å²) in [4.78, 5) is 10.3. The molecule has 0 spiro atoms. The molecule has 130 valence electrons. The number of piperazine rings is 1. The Kier molecular flexibility index (Phi) is 6.18. The summed E-state index contributed by atoms with van der Waals surface area (Å²) in [6.07, 6.45) is 3.93. The van der Waals surface area contributed by atoms with Crippen LogP contribution in [0.1, 0.15) is 12.7 Å². The van der Waals surface area contributed by atoms with Gasteiger partial charge >= 0.3 is 0 Å². The molecule has 24 heavy (non-hydrogen) atoms. The maximum atomic E-state index is 12.3. The molecule has 1 aromatic carbocycles. The molecule has 1 aromatic heterocycles. The van der Waals surface area contributed by atoms with Gasteiger partial charge in [-0.2, -0.15) is 0 Å². The van der Waals surface area contributed by atoms with Crippen LogP contribution in [0.3, 0.4) is 0 Å². The lowest BCUT2D eigenvalue weighted by molar-refractivity contribution is 0.129. The van der Waals surface area contributed by atoms with E-state index in [1.54, 1.807) is 0 Å². The first kappa shape index (κ1) is 17.3. The lowest BCUT2D eigenvalue weighted by Crippen LogP contribution is -2.47. The van der Waals surface area contributed by atoms with Crippen LogP contribution in [0.15, 0.2) is 47.6 Å². The monoisotopic (exact) mass is 346 g/mol.